The van der Waals surface area contributed by atoms with Crippen LogP contribution < -0.4 is 14.8 Å². The number of rotatable bonds is 9. The maximum absolute atomic E-state index is 14.2. The van der Waals surface area contributed by atoms with E-state index in [0.717, 1.165) is 18.4 Å². The Balaban J connectivity index is 2.15. The molecule has 1 heterocycles. The first-order chi connectivity index (χ1) is 15.2. The van der Waals surface area contributed by atoms with Crippen LogP contribution in [0, 0.1) is 11.7 Å². The van der Waals surface area contributed by atoms with Crippen molar-refractivity contribution in [3.63, 3.8) is 0 Å². The monoisotopic (exact) mass is 491 g/mol. The fourth-order valence-electron chi connectivity index (χ4n) is 2.70. The minimum Gasteiger partial charge on any atom is -0.477 e. The zero-order chi connectivity index (χ0) is 25.0. The van der Waals surface area contributed by atoms with Gasteiger partial charge in [0.1, 0.15) is 11.5 Å². The zero-order valence-electron chi connectivity index (χ0n) is 18.5. The maximum Gasteiger partial charge on any atom is 0.433 e. The summed E-state index contributed by atoms with van der Waals surface area (Å²) in [6.45, 7) is 5.14. The molecule has 182 valence electrons. The predicted molar refractivity (Wildman–Crippen MR) is 115 cm³/mol. The number of nitrogens with zero attached hydrogens (tertiary/aromatic N) is 1. The van der Waals surface area contributed by atoms with Gasteiger partial charge in [0.25, 0.3) is 0 Å². The highest BCUT2D eigenvalue weighted by molar-refractivity contribution is 7.92. The van der Waals surface area contributed by atoms with Gasteiger partial charge >= 0.3 is 6.18 Å². The third kappa shape index (κ3) is 7.88. The summed E-state index contributed by atoms with van der Waals surface area (Å²) >= 11 is 0. The molecular weight excluding hydrogens is 466 g/mol. The summed E-state index contributed by atoms with van der Waals surface area (Å²) in [4.78, 5) is 16.1. The normalized spacial score (nSPS) is 13.0. The van der Waals surface area contributed by atoms with Crippen molar-refractivity contribution in [2.75, 3.05) is 17.6 Å². The number of pyridine rings is 1. The molecule has 0 aliphatic heterocycles. The molecule has 7 nitrogen and oxygen atoms in total. The van der Waals surface area contributed by atoms with E-state index in [0.29, 0.717) is 0 Å². The first kappa shape index (κ1) is 26.4. The van der Waals surface area contributed by atoms with Gasteiger partial charge in [0, 0.05) is 12.1 Å². The van der Waals surface area contributed by atoms with Crippen molar-refractivity contribution in [2.24, 2.45) is 5.92 Å². The van der Waals surface area contributed by atoms with Gasteiger partial charge in [0.05, 0.1) is 24.5 Å². The van der Waals surface area contributed by atoms with Crippen LogP contribution in [0.15, 0.2) is 30.3 Å². The number of halogens is 4. The zero-order valence-corrected chi connectivity index (χ0v) is 19.3. The lowest BCUT2D eigenvalue weighted by Crippen LogP contribution is -2.28. The number of carbonyl (C=O) groups excluding carboxylic acids is 1. The van der Waals surface area contributed by atoms with Gasteiger partial charge in [-0.05, 0) is 42.7 Å². The number of anilines is 1. The smallest absolute Gasteiger partial charge is 0.433 e. The molecule has 0 bridgehead atoms. The van der Waals surface area contributed by atoms with Crippen LogP contribution in [-0.2, 0) is 27.5 Å². The van der Waals surface area contributed by atoms with Crippen LogP contribution in [0.5, 0.6) is 5.88 Å². The van der Waals surface area contributed by atoms with Gasteiger partial charge in [-0.2, -0.15) is 13.2 Å². The number of nitrogens with one attached hydrogen (secondary N) is 2. The summed E-state index contributed by atoms with van der Waals surface area (Å²) in [6, 6.07) is 5.62. The second-order valence-electron chi connectivity index (χ2n) is 7.92. The molecule has 0 unspecified atom stereocenters. The second-order valence-corrected chi connectivity index (χ2v) is 9.66. The molecule has 0 aliphatic carbocycles. The van der Waals surface area contributed by atoms with Crippen LogP contribution in [-0.4, -0.2) is 32.2 Å². The van der Waals surface area contributed by atoms with E-state index in [4.69, 9.17) is 4.74 Å². The van der Waals surface area contributed by atoms with Crippen molar-refractivity contribution in [1.29, 1.82) is 0 Å². The highest BCUT2D eigenvalue weighted by Crippen LogP contribution is 2.30. The molecule has 1 aromatic heterocycles. The third-order valence-corrected chi connectivity index (χ3v) is 5.01. The molecular formula is C21H25F4N3O4S. The Morgan fingerprint density at radius 2 is 1.82 bits per heavy atom. The first-order valence-corrected chi connectivity index (χ1v) is 11.8. The standard InChI is InChI=1S/C21H25F4N3O4S/c1-12(2)11-32-20-15(6-8-18(27-20)21(23,24)25)10-26-19(29)13(3)14-5-7-17(16(22)9-14)28-33(4,30)31/h5-9,12-13,28H,10-11H2,1-4H3,(H,26,29)/t13-/m1/s1. The Hall–Kier alpha value is -2.89. The van der Waals surface area contributed by atoms with Crippen LogP contribution >= 0.6 is 0 Å². The summed E-state index contributed by atoms with van der Waals surface area (Å²) in [7, 11) is -3.67. The van der Waals surface area contributed by atoms with Gasteiger partial charge in [-0.1, -0.05) is 19.9 Å². The van der Waals surface area contributed by atoms with Crippen LogP contribution in [0.25, 0.3) is 0 Å². The van der Waals surface area contributed by atoms with Crippen LogP contribution in [0.2, 0.25) is 0 Å². The van der Waals surface area contributed by atoms with Gasteiger partial charge in [-0.25, -0.2) is 17.8 Å². The topological polar surface area (TPSA) is 97.4 Å². The van der Waals surface area contributed by atoms with Gasteiger partial charge < -0.3 is 10.1 Å². The fourth-order valence-corrected chi connectivity index (χ4v) is 3.27. The molecule has 0 aliphatic rings. The van der Waals surface area contributed by atoms with Gasteiger partial charge in [0.2, 0.25) is 21.8 Å². The molecule has 0 radical (unpaired) electrons. The lowest BCUT2D eigenvalue weighted by atomic mass is 9.99. The maximum atomic E-state index is 14.2. The number of ether oxygens (including phenoxy) is 1. The largest absolute Gasteiger partial charge is 0.477 e. The summed E-state index contributed by atoms with van der Waals surface area (Å²) in [5.74, 6) is -2.39. The van der Waals surface area contributed by atoms with E-state index < -0.39 is 39.5 Å². The van der Waals surface area contributed by atoms with E-state index in [2.05, 4.69) is 10.3 Å². The van der Waals surface area contributed by atoms with Crippen molar-refractivity contribution >= 4 is 21.6 Å². The van der Waals surface area contributed by atoms with Gasteiger partial charge in [-0.15, -0.1) is 0 Å². The minimum atomic E-state index is -4.64. The Labute approximate surface area is 189 Å². The van der Waals surface area contributed by atoms with Crippen molar-refractivity contribution in [3.05, 3.63) is 53.0 Å². The molecule has 2 rings (SSSR count). The summed E-state index contributed by atoms with van der Waals surface area (Å²) < 4.78 is 83.2. The number of carbonyl (C=O) groups is 1. The fraction of sp³-hybridized carbons (Fsp3) is 0.429. The Kier molecular flexibility index (Phi) is 8.28. The summed E-state index contributed by atoms with van der Waals surface area (Å²) in [5, 5.41) is 2.58. The average Bonchev–Trinajstić information content (AvgIpc) is 2.69. The van der Waals surface area contributed by atoms with Crippen molar-refractivity contribution in [1.82, 2.24) is 10.3 Å². The molecule has 12 heteroatoms. The lowest BCUT2D eigenvalue weighted by molar-refractivity contribution is -0.141. The SMILES string of the molecule is CC(C)COc1nc(C(F)(F)F)ccc1CNC(=O)[C@H](C)c1ccc(NS(C)(=O)=O)c(F)c1. The molecule has 1 amide bonds. The molecule has 0 spiro atoms. The number of benzene rings is 1. The van der Waals surface area contributed by atoms with Crippen LogP contribution in [0.1, 0.15) is 43.5 Å². The number of aromatic nitrogens is 1. The predicted octanol–water partition coefficient (Wildman–Crippen LogP) is 4.07. The molecule has 2 aromatic rings. The molecule has 2 N–H and O–H groups in total. The number of amides is 1. The van der Waals surface area contributed by atoms with E-state index in [1.165, 1.54) is 25.1 Å². The highest BCUT2D eigenvalue weighted by Gasteiger charge is 2.33. The van der Waals surface area contributed by atoms with Gasteiger partial charge in [0.15, 0.2) is 0 Å². The molecule has 0 saturated heterocycles. The Bertz CT molecular complexity index is 1110. The van der Waals surface area contributed by atoms with E-state index >= 15 is 0 Å². The van der Waals surface area contributed by atoms with E-state index in [1.807, 2.05) is 18.6 Å². The van der Waals surface area contributed by atoms with E-state index in [-0.39, 0.29) is 41.8 Å². The molecule has 33 heavy (non-hydrogen) atoms. The van der Waals surface area contributed by atoms with Crippen LogP contribution in [0.3, 0.4) is 0 Å². The number of hydrogen-bond donors (Lipinski definition) is 2. The lowest BCUT2D eigenvalue weighted by Gasteiger charge is -2.17. The third-order valence-electron chi connectivity index (χ3n) is 4.42. The summed E-state index contributed by atoms with van der Waals surface area (Å²) in [6.07, 6.45) is -3.76. The first-order valence-electron chi connectivity index (χ1n) is 9.92. The molecule has 1 aromatic carbocycles. The quantitative estimate of drug-likeness (QED) is 0.516. The van der Waals surface area contributed by atoms with Crippen molar-refractivity contribution < 1.29 is 35.5 Å². The van der Waals surface area contributed by atoms with Crippen molar-refractivity contribution in [2.45, 2.75) is 39.4 Å². The highest BCUT2D eigenvalue weighted by atomic mass is 32.2. The number of alkyl halides is 3. The van der Waals surface area contributed by atoms with Gasteiger partial charge in [-0.3, -0.25) is 9.52 Å². The molecule has 0 fully saturated rings. The minimum absolute atomic E-state index is 0.0406. The molecule has 0 saturated carbocycles. The van der Waals surface area contributed by atoms with Crippen molar-refractivity contribution in [3.8, 4) is 5.88 Å². The van der Waals surface area contributed by atoms with Crippen LogP contribution in [0.4, 0.5) is 23.2 Å². The number of hydrogen-bond acceptors (Lipinski definition) is 5. The Morgan fingerprint density at radius 3 is 2.36 bits per heavy atom. The second kappa shape index (κ2) is 10.4. The number of sulfonamides is 1. The summed E-state index contributed by atoms with van der Waals surface area (Å²) in [5.41, 5.74) is -0.825. The Morgan fingerprint density at radius 1 is 1.15 bits per heavy atom. The molecule has 1 atom stereocenters. The average molecular weight is 492 g/mol. The van der Waals surface area contributed by atoms with E-state index in [9.17, 15) is 30.8 Å². The van der Waals surface area contributed by atoms with E-state index in [1.54, 1.807) is 0 Å².